The number of halogens is 2. The Bertz CT molecular complexity index is 1150. The highest BCUT2D eigenvalue weighted by Crippen LogP contribution is 2.42. The molecule has 7 heteroatoms. The summed E-state index contributed by atoms with van der Waals surface area (Å²) >= 11 is 13.0. The summed E-state index contributed by atoms with van der Waals surface area (Å²) in [6, 6.07) is 20.2. The maximum absolute atomic E-state index is 12.2. The Hall–Kier alpha value is -2.73. The molecule has 0 spiro atoms. The van der Waals surface area contributed by atoms with Gasteiger partial charge >= 0.3 is 5.97 Å². The predicted molar refractivity (Wildman–Crippen MR) is 139 cm³/mol. The van der Waals surface area contributed by atoms with Crippen molar-refractivity contribution in [1.82, 2.24) is 4.90 Å². The van der Waals surface area contributed by atoms with Crippen LogP contribution in [0.4, 0.5) is 0 Å². The van der Waals surface area contributed by atoms with E-state index in [1.807, 2.05) is 72.5 Å². The lowest BCUT2D eigenvalue weighted by molar-refractivity contribution is -0.145. The van der Waals surface area contributed by atoms with Crippen LogP contribution in [0.2, 0.25) is 10.0 Å². The molecule has 0 aliphatic carbocycles. The van der Waals surface area contributed by atoms with Crippen LogP contribution in [-0.2, 0) is 11.4 Å². The van der Waals surface area contributed by atoms with Crippen molar-refractivity contribution in [2.24, 2.45) is 0 Å². The summed E-state index contributed by atoms with van der Waals surface area (Å²) in [5.74, 6) is 0.400. The van der Waals surface area contributed by atoms with Crippen molar-refractivity contribution >= 4 is 29.2 Å². The predicted octanol–water partition coefficient (Wildman–Crippen LogP) is 7.00. The van der Waals surface area contributed by atoms with E-state index < -0.39 is 18.1 Å². The Morgan fingerprint density at radius 3 is 2.57 bits per heavy atom. The van der Waals surface area contributed by atoms with Gasteiger partial charge in [-0.1, -0.05) is 78.2 Å². The highest BCUT2D eigenvalue weighted by molar-refractivity contribution is 6.42. The molecular weight excluding hydrogens is 485 g/mol. The SMILES string of the molecule is CCOc1cc(C(c2cccc(Cl)c2Cl)N2CCCCC2C(=O)O)ccc1OCc1ccccc1. The number of hydrogen-bond donors (Lipinski definition) is 1. The van der Waals surface area contributed by atoms with Crippen LogP contribution in [0.15, 0.2) is 66.7 Å². The van der Waals surface area contributed by atoms with Crippen LogP contribution in [-0.4, -0.2) is 35.2 Å². The van der Waals surface area contributed by atoms with Gasteiger partial charge in [-0.15, -0.1) is 0 Å². The Morgan fingerprint density at radius 1 is 1.03 bits per heavy atom. The molecule has 2 unspecified atom stereocenters. The number of nitrogens with zero attached hydrogens (tertiary/aromatic N) is 1. The molecule has 2 atom stereocenters. The molecule has 0 amide bonds. The van der Waals surface area contributed by atoms with Gasteiger partial charge in [0.2, 0.25) is 0 Å². The lowest BCUT2D eigenvalue weighted by atomic mass is 9.91. The molecule has 1 N–H and O–H groups in total. The lowest BCUT2D eigenvalue weighted by Gasteiger charge is -2.40. The van der Waals surface area contributed by atoms with E-state index in [1.165, 1.54) is 0 Å². The standard InChI is InChI=1S/C28H29Cl2NO4/c1-2-34-25-17-20(14-15-24(25)35-18-19-9-4-3-5-10-19)27(21-11-8-12-22(29)26(21)30)31-16-7-6-13-23(31)28(32)33/h3-5,8-12,14-15,17,23,27H,2,6-7,13,16,18H2,1H3,(H,32,33). The number of carbonyl (C=O) groups is 1. The van der Waals surface area contributed by atoms with Gasteiger partial charge in [-0.05, 0) is 61.2 Å². The number of carboxylic acids is 1. The molecule has 1 aliphatic rings. The van der Waals surface area contributed by atoms with Crippen molar-refractivity contribution in [3.63, 3.8) is 0 Å². The quantitative estimate of drug-likeness (QED) is 0.333. The molecule has 184 valence electrons. The van der Waals surface area contributed by atoms with E-state index in [-0.39, 0.29) is 0 Å². The molecule has 5 nitrogen and oxygen atoms in total. The molecule has 1 aliphatic heterocycles. The van der Waals surface area contributed by atoms with Gasteiger partial charge in [0.05, 0.1) is 22.7 Å². The summed E-state index contributed by atoms with van der Waals surface area (Å²) in [6.07, 6.45) is 2.37. The third kappa shape index (κ3) is 5.92. The van der Waals surface area contributed by atoms with Gasteiger partial charge in [-0.25, -0.2) is 0 Å². The molecule has 35 heavy (non-hydrogen) atoms. The largest absolute Gasteiger partial charge is 0.490 e. The summed E-state index contributed by atoms with van der Waals surface area (Å²) in [7, 11) is 0. The van der Waals surface area contributed by atoms with E-state index in [9.17, 15) is 9.90 Å². The number of piperidine rings is 1. The van der Waals surface area contributed by atoms with Gasteiger partial charge in [0.1, 0.15) is 12.6 Å². The summed E-state index contributed by atoms with van der Waals surface area (Å²) < 4.78 is 12.0. The van der Waals surface area contributed by atoms with Gasteiger partial charge in [0.15, 0.2) is 11.5 Å². The fourth-order valence-corrected chi connectivity index (χ4v) is 5.04. The maximum atomic E-state index is 12.2. The second-order valence-electron chi connectivity index (χ2n) is 8.55. The second-order valence-corrected chi connectivity index (χ2v) is 9.33. The Labute approximate surface area is 216 Å². The summed E-state index contributed by atoms with van der Waals surface area (Å²) in [6.45, 7) is 3.44. The number of ether oxygens (including phenoxy) is 2. The third-order valence-corrected chi connectivity index (χ3v) is 7.09. The highest BCUT2D eigenvalue weighted by atomic mass is 35.5. The van der Waals surface area contributed by atoms with Crippen LogP contribution >= 0.6 is 23.2 Å². The zero-order valence-corrected chi connectivity index (χ0v) is 21.1. The summed E-state index contributed by atoms with van der Waals surface area (Å²) in [4.78, 5) is 14.2. The first-order valence-electron chi connectivity index (χ1n) is 11.9. The fraction of sp³-hybridized carbons (Fsp3) is 0.321. The van der Waals surface area contributed by atoms with Crippen LogP contribution in [0.5, 0.6) is 11.5 Å². The van der Waals surface area contributed by atoms with Crippen LogP contribution in [0, 0.1) is 0 Å². The molecule has 3 aromatic carbocycles. The number of likely N-dealkylation sites (tertiary alicyclic amines) is 1. The van der Waals surface area contributed by atoms with E-state index in [0.29, 0.717) is 47.7 Å². The highest BCUT2D eigenvalue weighted by Gasteiger charge is 2.36. The molecule has 0 bridgehead atoms. The normalized spacial score (nSPS) is 17.1. The number of rotatable bonds is 9. The minimum atomic E-state index is -0.833. The van der Waals surface area contributed by atoms with E-state index >= 15 is 0 Å². The average molecular weight is 514 g/mol. The zero-order valence-electron chi connectivity index (χ0n) is 19.6. The number of aliphatic carboxylic acids is 1. The molecule has 4 rings (SSSR count). The molecule has 0 radical (unpaired) electrons. The van der Waals surface area contributed by atoms with Crippen molar-refractivity contribution in [2.45, 2.75) is 44.9 Å². The minimum Gasteiger partial charge on any atom is -0.490 e. The first-order valence-corrected chi connectivity index (χ1v) is 12.6. The fourth-order valence-electron chi connectivity index (χ4n) is 4.63. The van der Waals surface area contributed by atoms with E-state index in [1.54, 1.807) is 6.07 Å². The smallest absolute Gasteiger partial charge is 0.320 e. The Kier molecular flexibility index (Phi) is 8.55. The van der Waals surface area contributed by atoms with Crippen LogP contribution in [0.3, 0.4) is 0 Å². The topological polar surface area (TPSA) is 59.0 Å². The van der Waals surface area contributed by atoms with Gasteiger partial charge in [-0.3, -0.25) is 9.69 Å². The van der Waals surface area contributed by atoms with Crippen molar-refractivity contribution < 1.29 is 19.4 Å². The van der Waals surface area contributed by atoms with Gasteiger partial charge < -0.3 is 14.6 Å². The molecule has 1 heterocycles. The minimum absolute atomic E-state index is 0.398. The van der Waals surface area contributed by atoms with Crippen molar-refractivity contribution in [1.29, 1.82) is 0 Å². The summed E-state index contributed by atoms with van der Waals surface area (Å²) in [5.41, 5.74) is 2.70. The van der Waals surface area contributed by atoms with Gasteiger partial charge in [-0.2, -0.15) is 0 Å². The van der Waals surface area contributed by atoms with E-state index in [2.05, 4.69) is 0 Å². The number of benzene rings is 3. The molecule has 3 aromatic rings. The first-order chi connectivity index (χ1) is 17.0. The monoisotopic (exact) mass is 513 g/mol. The van der Waals surface area contributed by atoms with Crippen LogP contribution in [0.25, 0.3) is 0 Å². The molecule has 1 fully saturated rings. The Morgan fingerprint density at radius 2 is 1.83 bits per heavy atom. The second kappa shape index (κ2) is 11.8. The van der Waals surface area contributed by atoms with Crippen molar-refractivity contribution in [3.05, 3.63) is 93.5 Å². The van der Waals surface area contributed by atoms with Gasteiger partial charge in [0, 0.05) is 0 Å². The van der Waals surface area contributed by atoms with Gasteiger partial charge in [0.25, 0.3) is 0 Å². The third-order valence-electron chi connectivity index (χ3n) is 6.26. The van der Waals surface area contributed by atoms with E-state index in [0.717, 1.165) is 29.5 Å². The molecular formula is C28H29Cl2NO4. The number of carboxylic acid groups (broad SMARTS) is 1. The average Bonchev–Trinajstić information content (AvgIpc) is 2.87. The molecule has 0 aromatic heterocycles. The van der Waals surface area contributed by atoms with E-state index in [4.69, 9.17) is 32.7 Å². The number of hydrogen-bond acceptors (Lipinski definition) is 4. The Balaban J connectivity index is 1.75. The zero-order chi connectivity index (χ0) is 24.8. The van der Waals surface area contributed by atoms with Crippen LogP contribution in [0.1, 0.15) is 48.9 Å². The lowest BCUT2D eigenvalue weighted by Crippen LogP contribution is -2.46. The first kappa shape index (κ1) is 25.4. The maximum Gasteiger partial charge on any atom is 0.320 e. The van der Waals surface area contributed by atoms with Crippen LogP contribution < -0.4 is 9.47 Å². The summed E-state index contributed by atoms with van der Waals surface area (Å²) in [5, 5.41) is 10.9. The van der Waals surface area contributed by atoms with Crippen molar-refractivity contribution in [2.75, 3.05) is 13.2 Å². The molecule has 1 saturated heterocycles. The van der Waals surface area contributed by atoms with Crippen molar-refractivity contribution in [3.8, 4) is 11.5 Å². The molecule has 0 saturated carbocycles.